The average molecular weight is 164 g/mol. The van der Waals surface area contributed by atoms with Crippen LogP contribution in [0, 0.1) is 0 Å². The maximum Gasteiger partial charge on any atom is 0.138 e. The van der Waals surface area contributed by atoms with Crippen LogP contribution in [0.5, 0.6) is 0 Å². The zero-order valence-corrected chi connectivity index (χ0v) is 6.29. The van der Waals surface area contributed by atoms with Gasteiger partial charge >= 0.3 is 0 Å². The molecule has 0 amide bonds. The van der Waals surface area contributed by atoms with Gasteiger partial charge < -0.3 is 4.84 Å². The Bertz CT molecular complexity index is 208. The molecule has 0 atom stereocenters. The third kappa shape index (κ3) is 3.99. The van der Waals surface area contributed by atoms with Crippen molar-refractivity contribution in [3.8, 4) is 0 Å². The van der Waals surface area contributed by atoms with Crippen molar-refractivity contribution in [1.29, 1.82) is 0 Å². The molecule has 0 bridgehead atoms. The highest BCUT2D eigenvalue weighted by Gasteiger charge is 1.72. The fourth-order valence-corrected chi connectivity index (χ4v) is 0.463. The van der Waals surface area contributed by atoms with Crippen LogP contribution in [0.4, 0.5) is 0 Å². The third-order valence-corrected chi connectivity index (χ3v) is 0.894. The molecule has 0 fully saturated rings. The van der Waals surface area contributed by atoms with Crippen molar-refractivity contribution < 1.29 is 4.84 Å². The zero-order valence-electron chi connectivity index (χ0n) is 6.29. The molecule has 0 saturated carbocycles. The summed E-state index contributed by atoms with van der Waals surface area (Å²) in [5.74, 6) is 0. The van der Waals surface area contributed by atoms with Gasteiger partial charge in [-0.05, 0) is 12.2 Å². The Balaban J connectivity index is 0.000000120. The lowest BCUT2D eigenvalue weighted by Crippen LogP contribution is -2.01. The van der Waals surface area contributed by atoms with E-state index in [1.807, 2.05) is 6.08 Å². The van der Waals surface area contributed by atoms with E-state index in [9.17, 15) is 0 Å². The van der Waals surface area contributed by atoms with E-state index in [0.717, 1.165) is 0 Å². The van der Waals surface area contributed by atoms with Crippen molar-refractivity contribution in [1.82, 2.24) is 20.7 Å². The summed E-state index contributed by atoms with van der Waals surface area (Å²) in [6, 6.07) is 0. The molecule has 5 nitrogen and oxygen atoms in total. The summed E-state index contributed by atoms with van der Waals surface area (Å²) in [5.41, 5.74) is 2.52. The highest BCUT2D eigenvalue weighted by Crippen LogP contribution is 1.80. The molecule has 0 spiro atoms. The van der Waals surface area contributed by atoms with Crippen LogP contribution < -0.4 is 5.48 Å². The first-order chi connectivity index (χ1) is 6.00. The summed E-state index contributed by atoms with van der Waals surface area (Å²) < 4.78 is 0. The van der Waals surface area contributed by atoms with Crippen LogP contribution in [0.1, 0.15) is 0 Å². The molecular formula is C7H8N4O. The minimum Gasteiger partial charge on any atom is -0.391 e. The van der Waals surface area contributed by atoms with Crippen LogP contribution in [0.2, 0.25) is 0 Å². The van der Waals surface area contributed by atoms with Crippen molar-refractivity contribution >= 4 is 0 Å². The van der Waals surface area contributed by atoms with Gasteiger partial charge in [0.15, 0.2) is 0 Å². The highest BCUT2D eigenvalue weighted by atomic mass is 16.6. The van der Waals surface area contributed by atoms with Crippen LogP contribution in [0.25, 0.3) is 0 Å². The molecule has 1 aromatic rings. The lowest BCUT2D eigenvalue weighted by atomic mass is 10.6. The van der Waals surface area contributed by atoms with Crippen LogP contribution >= 0.6 is 0 Å². The first kappa shape index (κ1) is 8.19. The largest absolute Gasteiger partial charge is 0.391 e. The number of allylic oxidation sites excluding steroid dienone is 2. The number of aromatic nitrogens is 3. The van der Waals surface area contributed by atoms with E-state index >= 15 is 0 Å². The van der Waals surface area contributed by atoms with Gasteiger partial charge in [-0.15, -0.1) is 5.10 Å². The predicted molar refractivity (Wildman–Crippen MR) is 42.3 cm³/mol. The van der Waals surface area contributed by atoms with E-state index in [1.165, 1.54) is 12.5 Å². The molecule has 1 aliphatic rings. The summed E-state index contributed by atoms with van der Waals surface area (Å²) in [4.78, 5) is 8.16. The van der Waals surface area contributed by atoms with E-state index < -0.39 is 0 Å². The monoisotopic (exact) mass is 164 g/mol. The first-order valence-electron chi connectivity index (χ1n) is 3.29. The smallest absolute Gasteiger partial charge is 0.138 e. The molecular weight excluding hydrogens is 156 g/mol. The maximum atomic E-state index is 4.55. The first-order valence-corrected chi connectivity index (χ1v) is 3.29. The van der Waals surface area contributed by atoms with Crippen molar-refractivity contribution in [3.05, 3.63) is 43.3 Å². The summed E-state index contributed by atoms with van der Waals surface area (Å²) in [5, 5.41) is 6.90. The minimum atomic E-state index is 1.39. The second-order valence-electron chi connectivity index (χ2n) is 1.72. The number of nitrogens with zero attached hydrogens (tertiary/aromatic N) is 3. The molecule has 62 valence electrons. The van der Waals surface area contributed by atoms with Gasteiger partial charge in [0.25, 0.3) is 0 Å². The second-order valence-corrected chi connectivity index (χ2v) is 1.72. The summed E-state index contributed by atoms with van der Waals surface area (Å²) >= 11 is 0. The molecule has 12 heavy (non-hydrogen) atoms. The Morgan fingerprint density at radius 1 is 1.08 bits per heavy atom. The fraction of sp³-hybridized carbons (Fsp3) is 0. The Kier molecular flexibility index (Phi) is 3.99. The minimum absolute atomic E-state index is 1.39. The fourth-order valence-electron chi connectivity index (χ4n) is 0.463. The molecule has 2 rings (SSSR count). The number of hydrogen-bond donors (Lipinski definition) is 1. The van der Waals surface area contributed by atoms with Crippen LogP contribution in [-0.4, -0.2) is 15.2 Å². The molecule has 2 heterocycles. The van der Waals surface area contributed by atoms with Gasteiger partial charge in [-0.2, -0.15) is 5.10 Å². The van der Waals surface area contributed by atoms with E-state index in [2.05, 4.69) is 25.5 Å². The molecule has 0 aliphatic carbocycles. The van der Waals surface area contributed by atoms with Gasteiger partial charge in [0.2, 0.25) is 0 Å². The SMILES string of the molecule is C1=CNOC=C1.c1cnncn1. The Morgan fingerprint density at radius 2 is 2.08 bits per heavy atom. The zero-order chi connectivity index (χ0) is 8.49. The topological polar surface area (TPSA) is 59.9 Å². The lowest BCUT2D eigenvalue weighted by molar-refractivity contribution is 0.172. The van der Waals surface area contributed by atoms with Gasteiger partial charge in [-0.1, -0.05) is 0 Å². The van der Waals surface area contributed by atoms with Crippen LogP contribution in [0.15, 0.2) is 43.3 Å². The maximum absolute atomic E-state index is 4.55. The van der Waals surface area contributed by atoms with Gasteiger partial charge in [-0.25, -0.2) is 10.5 Å². The third-order valence-electron chi connectivity index (χ3n) is 0.894. The normalized spacial score (nSPS) is 12.0. The number of rotatable bonds is 0. The van der Waals surface area contributed by atoms with Gasteiger partial charge in [0.05, 0.1) is 6.20 Å². The molecule has 1 aliphatic heterocycles. The number of nitrogens with one attached hydrogen (secondary N) is 1. The van der Waals surface area contributed by atoms with Gasteiger partial charge in [-0.3, -0.25) is 0 Å². The van der Waals surface area contributed by atoms with E-state index in [-0.39, 0.29) is 0 Å². The Morgan fingerprint density at radius 3 is 2.25 bits per heavy atom. The van der Waals surface area contributed by atoms with Gasteiger partial charge in [0.1, 0.15) is 12.6 Å². The van der Waals surface area contributed by atoms with E-state index in [1.54, 1.807) is 24.7 Å². The average Bonchev–Trinajstić information content (AvgIpc) is 2.24. The van der Waals surface area contributed by atoms with Gasteiger partial charge in [0, 0.05) is 12.4 Å². The quantitative estimate of drug-likeness (QED) is 0.602. The molecule has 0 unspecified atom stereocenters. The van der Waals surface area contributed by atoms with Crippen molar-refractivity contribution in [2.75, 3.05) is 0 Å². The molecule has 0 radical (unpaired) electrons. The van der Waals surface area contributed by atoms with E-state index in [0.29, 0.717) is 0 Å². The summed E-state index contributed by atoms with van der Waals surface area (Å²) in [6.45, 7) is 0. The standard InChI is InChI=1S/C4H5NO.C3H3N3/c1-2-4-6-5-3-1;1-2-5-6-3-4-1/h1-5H;1-3H. The molecule has 1 aromatic heterocycles. The van der Waals surface area contributed by atoms with Crippen molar-refractivity contribution in [2.24, 2.45) is 0 Å². The van der Waals surface area contributed by atoms with E-state index in [4.69, 9.17) is 0 Å². The van der Waals surface area contributed by atoms with Crippen molar-refractivity contribution in [3.63, 3.8) is 0 Å². The summed E-state index contributed by atoms with van der Waals surface area (Å²) in [7, 11) is 0. The predicted octanol–water partition coefficient (Wildman–Crippen LogP) is 0.420. The second kappa shape index (κ2) is 5.84. The molecule has 5 heteroatoms. The lowest BCUT2D eigenvalue weighted by Gasteiger charge is -1.97. The number of hydroxylamine groups is 1. The summed E-state index contributed by atoms with van der Waals surface area (Å²) in [6.07, 6.45) is 11.4. The van der Waals surface area contributed by atoms with Crippen LogP contribution in [-0.2, 0) is 4.84 Å². The van der Waals surface area contributed by atoms with Crippen molar-refractivity contribution in [2.45, 2.75) is 0 Å². The number of hydrogen-bond acceptors (Lipinski definition) is 5. The Hall–Kier alpha value is -1.91. The molecule has 0 saturated heterocycles. The Labute approximate surface area is 69.8 Å². The highest BCUT2D eigenvalue weighted by molar-refractivity contribution is 5.00. The van der Waals surface area contributed by atoms with Crippen LogP contribution in [0.3, 0.4) is 0 Å². The molecule has 0 aromatic carbocycles. The molecule has 1 N–H and O–H groups in total.